The van der Waals surface area contributed by atoms with Crippen LogP contribution < -0.4 is 11.3 Å². The van der Waals surface area contributed by atoms with Gasteiger partial charge in [0.15, 0.2) is 0 Å². The summed E-state index contributed by atoms with van der Waals surface area (Å²) < 4.78 is 36.8. The third-order valence-electron chi connectivity index (χ3n) is 3.22. The molecule has 4 N–H and O–H groups in total. The van der Waals surface area contributed by atoms with Crippen LogP contribution in [-0.4, -0.2) is 41.3 Å². The first-order chi connectivity index (χ1) is 14.1. The Morgan fingerprint density at radius 1 is 1.47 bits per heavy atom. The van der Waals surface area contributed by atoms with E-state index in [0.29, 0.717) is 13.2 Å². The highest BCUT2D eigenvalue weighted by Gasteiger charge is 2.25. The van der Waals surface area contributed by atoms with E-state index < -0.39 is 6.18 Å². The minimum Gasteiger partial charge on any atom is -0.462 e. The van der Waals surface area contributed by atoms with E-state index in [-0.39, 0.29) is 18.9 Å². The molecule has 2 rings (SSSR count). The number of nitrogens with two attached hydrogens (primary N) is 1. The number of ether oxygens (including phenoxy) is 1. The number of aliphatic hydroxyl groups is 1. The van der Waals surface area contributed by atoms with E-state index in [1.54, 1.807) is 11.1 Å². The number of rotatable bonds is 5. The van der Waals surface area contributed by atoms with Crippen molar-refractivity contribution in [3.63, 3.8) is 0 Å². The van der Waals surface area contributed by atoms with Crippen LogP contribution in [0.2, 0.25) is 0 Å². The van der Waals surface area contributed by atoms with E-state index in [0.717, 1.165) is 13.0 Å². The van der Waals surface area contributed by atoms with Crippen molar-refractivity contribution < 1.29 is 27.8 Å². The Morgan fingerprint density at radius 3 is 2.40 bits per heavy atom. The summed E-state index contributed by atoms with van der Waals surface area (Å²) in [6.45, 7) is 7.63. The second-order valence-electron chi connectivity index (χ2n) is 5.77. The number of terminal acetylenes is 1. The standard InChI is InChI=1S/C14H17NO2.C3H8N2.C2H3F3.C2H2O/c1-2-14(16)15-9-8-13(10-15)17-11-12-6-4-3-5-7-12;1-2-3-5-4;1-2(3,4)5;1-2-3/h2-7,13H,1,8-11H2;2-3,5H,4H2,1H3;1H3;1,3H/b;3-2-;;. The van der Waals surface area contributed by atoms with Crippen LogP contribution in [0.3, 0.4) is 0 Å². The minimum atomic E-state index is -4.00. The van der Waals surface area contributed by atoms with Gasteiger partial charge in [0.05, 0.1) is 12.7 Å². The second kappa shape index (κ2) is 18.1. The van der Waals surface area contributed by atoms with Gasteiger partial charge in [-0.1, -0.05) is 49.4 Å². The number of carbonyl (C=O) groups excluding carboxylic acids is 1. The van der Waals surface area contributed by atoms with Crippen molar-refractivity contribution >= 4 is 5.91 Å². The van der Waals surface area contributed by atoms with Crippen molar-refractivity contribution in [1.29, 1.82) is 0 Å². The van der Waals surface area contributed by atoms with Gasteiger partial charge in [-0.25, -0.2) is 0 Å². The summed E-state index contributed by atoms with van der Waals surface area (Å²) in [4.78, 5) is 13.2. The van der Waals surface area contributed by atoms with Crippen molar-refractivity contribution in [3.8, 4) is 12.5 Å². The number of alkyl halides is 3. The fourth-order valence-electron chi connectivity index (χ4n) is 2.08. The summed E-state index contributed by atoms with van der Waals surface area (Å²) in [6.07, 6.45) is 7.30. The number of allylic oxidation sites excluding steroid dienone is 1. The van der Waals surface area contributed by atoms with Gasteiger partial charge in [-0.15, -0.1) is 0 Å². The second-order valence-corrected chi connectivity index (χ2v) is 5.77. The maximum atomic E-state index is 11.4. The zero-order valence-corrected chi connectivity index (χ0v) is 17.2. The zero-order valence-electron chi connectivity index (χ0n) is 17.2. The normalized spacial score (nSPS) is 14.7. The van der Waals surface area contributed by atoms with Crippen molar-refractivity contribution in [2.75, 3.05) is 13.1 Å². The lowest BCUT2D eigenvalue weighted by Gasteiger charge is -2.14. The van der Waals surface area contributed by atoms with Crippen molar-refractivity contribution in [2.24, 2.45) is 5.84 Å². The molecule has 30 heavy (non-hydrogen) atoms. The average Bonchev–Trinajstić information content (AvgIpc) is 3.16. The van der Waals surface area contributed by atoms with Gasteiger partial charge in [-0.2, -0.15) is 13.2 Å². The lowest BCUT2D eigenvalue weighted by Crippen LogP contribution is -2.28. The van der Waals surface area contributed by atoms with Crippen LogP contribution in [0.15, 0.2) is 55.3 Å². The highest BCUT2D eigenvalue weighted by molar-refractivity contribution is 5.87. The lowest BCUT2D eigenvalue weighted by molar-refractivity contribution is -0.125. The topological polar surface area (TPSA) is 87.8 Å². The number of benzene rings is 1. The molecule has 6 nitrogen and oxygen atoms in total. The van der Waals surface area contributed by atoms with Gasteiger partial charge < -0.3 is 20.2 Å². The third kappa shape index (κ3) is 19.8. The lowest BCUT2D eigenvalue weighted by atomic mass is 10.2. The fraction of sp³-hybridized carbons (Fsp3) is 0.381. The molecule has 0 aromatic heterocycles. The molecule has 1 saturated heterocycles. The van der Waals surface area contributed by atoms with E-state index in [4.69, 9.17) is 15.7 Å². The third-order valence-corrected chi connectivity index (χ3v) is 3.22. The Hall–Kier alpha value is -2.96. The van der Waals surface area contributed by atoms with Gasteiger partial charge in [-0.05, 0) is 25.0 Å². The summed E-state index contributed by atoms with van der Waals surface area (Å²) in [5.74, 6) is 4.80. The van der Waals surface area contributed by atoms with Gasteiger partial charge in [0.1, 0.15) is 6.11 Å². The van der Waals surface area contributed by atoms with E-state index >= 15 is 0 Å². The minimum absolute atomic E-state index is 0.00388. The van der Waals surface area contributed by atoms with Gasteiger partial charge in [0.25, 0.3) is 0 Å². The van der Waals surface area contributed by atoms with Crippen LogP contribution in [-0.2, 0) is 16.1 Å². The number of hydrogen-bond donors (Lipinski definition) is 3. The molecular weight excluding hydrogens is 399 g/mol. The van der Waals surface area contributed by atoms with E-state index in [1.807, 2.05) is 43.3 Å². The smallest absolute Gasteiger partial charge is 0.386 e. The molecule has 1 amide bonds. The summed E-state index contributed by atoms with van der Waals surface area (Å²) in [5, 5.41) is 7.10. The predicted molar refractivity (Wildman–Crippen MR) is 111 cm³/mol. The van der Waals surface area contributed by atoms with E-state index in [1.165, 1.54) is 17.7 Å². The summed E-state index contributed by atoms with van der Waals surface area (Å²) >= 11 is 0. The van der Waals surface area contributed by atoms with E-state index in [2.05, 4.69) is 18.4 Å². The number of amides is 1. The number of hydrogen-bond acceptors (Lipinski definition) is 5. The average molecular weight is 429 g/mol. The molecule has 168 valence electrons. The first kappa shape index (κ1) is 29.2. The van der Waals surface area contributed by atoms with Gasteiger partial charge >= 0.3 is 6.18 Å². The first-order valence-corrected chi connectivity index (χ1v) is 8.93. The van der Waals surface area contributed by atoms with Crippen molar-refractivity contribution in [3.05, 3.63) is 60.8 Å². The van der Waals surface area contributed by atoms with Crippen LogP contribution in [0.5, 0.6) is 0 Å². The van der Waals surface area contributed by atoms with Crippen LogP contribution >= 0.6 is 0 Å². The predicted octanol–water partition coefficient (Wildman–Crippen LogP) is 3.49. The Balaban J connectivity index is 0. The molecule has 0 radical (unpaired) electrons. The molecule has 1 aromatic carbocycles. The monoisotopic (exact) mass is 429 g/mol. The Morgan fingerprint density at radius 2 is 2.00 bits per heavy atom. The zero-order chi connectivity index (χ0) is 23.4. The van der Waals surface area contributed by atoms with E-state index in [9.17, 15) is 18.0 Å². The quantitative estimate of drug-likeness (QED) is 0.289. The Kier molecular flexibility index (Phi) is 17.6. The molecule has 1 fully saturated rings. The number of halogens is 3. The highest BCUT2D eigenvalue weighted by atomic mass is 19.4. The highest BCUT2D eigenvalue weighted by Crippen LogP contribution is 2.15. The molecule has 0 aliphatic carbocycles. The van der Waals surface area contributed by atoms with Gasteiger partial charge in [-0.3, -0.25) is 10.6 Å². The molecule has 1 heterocycles. The molecule has 1 aromatic rings. The molecule has 9 heteroatoms. The number of likely N-dealkylation sites (tertiary alicyclic amines) is 1. The van der Waals surface area contributed by atoms with Gasteiger partial charge in [0.2, 0.25) is 5.91 Å². The summed E-state index contributed by atoms with van der Waals surface area (Å²) in [5.41, 5.74) is 3.50. The Bertz CT molecular complexity index is 638. The molecular formula is C21H30F3N3O3. The van der Waals surface area contributed by atoms with Crippen molar-refractivity contribution in [2.45, 2.75) is 39.2 Å². The fourth-order valence-corrected chi connectivity index (χ4v) is 2.08. The summed E-state index contributed by atoms with van der Waals surface area (Å²) in [6, 6.07) is 10.1. The molecule has 0 saturated carbocycles. The molecule has 1 aliphatic rings. The number of nitrogens with zero attached hydrogens (tertiary/aromatic N) is 1. The van der Waals surface area contributed by atoms with Gasteiger partial charge in [0, 0.05) is 26.2 Å². The maximum Gasteiger partial charge on any atom is 0.386 e. The van der Waals surface area contributed by atoms with Crippen LogP contribution in [0, 0.1) is 12.5 Å². The Labute approximate surface area is 176 Å². The van der Waals surface area contributed by atoms with Crippen LogP contribution in [0.4, 0.5) is 13.2 Å². The molecule has 0 bridgehead atoms. The molecule has 1 atom stereocenters. The largest absolute Gasteiger partial charge is 0.462 e. The molecule has 1 aliphatic heterocycles. The number of hydrazine groups is 1. The molecule has 1 unspecified atom stereocenters. The maximum absolute atomic E-state index is 11.4. The molecule has 0 spiro atoms. The number of aliphatic hydroxyl groups excluding tert-OH is 1. The summed E-state index contributed by atoms with van der Waals surface area (Å²) in [7, 11) is 0. The van der Waals surface area contributed by atoms with Crippen molar-refractivity contribution in [1.82, 2.24) is 10.3 Å². The first-order valence-electron chi connectivity index (χ1n) is 8.93. The number of nitrogens with one attached hydrogen (secondary N) is 1. The van der Waals surface area contributed by atoms with Crippen LogP contribution in [0.1, 0.15) is 25.8 Å². The number of carbonyl (C=O) groups is 1. The SMILES string of the molecule is C#CO.C/C=C\NN.C=CC(=O)N1CCC(OCc2ccccc2)C1.CC(F)(F)F. The van der Waals surface area contributed by atoms with Crippen LogP contribution in [0.25, 0.3) is 0 Å².